The lowest BCUT2D eigenvalue weighted by Gasteiger charge is -2.34. The molecule has 1 aliphatic rings. The van der Waals surface area contributed by atoms with E-state index in [1.807, 2.05) is 31.5 Å². The Kier molecular flexibility index (Phi) is 4.62. The zero-order valence-electron chi connectivity index (χ0n) is 16.3. The van der Waals surface area contributed by atoms with Crippen LogP contribution in [0.5, 0.6) is 0 Å². The lowest BCUT2D eigenvalue weighted by atomic mass is 10.1. The van der Waals surface area contributed by atoms with Gasteiger partial charge in [-0.3, -0.25) is 9.59 Å². The summed E-state index contributed by atoms with van der Waals surface area (Å²) in [5.74, 6) is 0.146. The molecule has 1 aliphatic heterocycles. The maximum Gasteiger partial charge on any atom is 0.289 e. The number of nitrogens with zero attached hydrogens (tertiary/aromatic N) is 5. The Morgan fingerprint density at radius 3 is 2.39 bits per heavy atom. The lowest BCUT2D eigenvalue weighted by Crippen LogP contribution is -2.50. The fraction of sp³-hybridized carbons (Fsp3) is 0.400. The van der Waals surface area contributed by atoms with Gasteiger partial charge in [0.2, 0.25) is 0 Å². The maximum absolute atomic E-state index is 13.3. The number of rotatable bonds is 3. The van der Waals surface area contributed by atoms with Crippen LogP contribution in [-0.4, -0.2) is 62.6 Å². The molecule has 0 bridgehead atoms. The summed E-state index contributed by atoms with van der Waals surface area (Å²) in [4.78, 5) is 33.8. The number of furan rings is 1. The lowest BCUT2D eigenvalue weighted by molar-refractivity contribution is 0.0519. The fourth-order valence-electron chi connectivity index (χ4n) is 3.71. The predicted molar refractivity (Wildman–Crippen MR) is 103 cm³/mol. The average molecular weight is 381 g/mol. The highest BCUT2D eigenvalue weighted by atomic mass is 16.3. The molecule has 0 saturated carbocycles. The molecule has 0 radical (unpaired) electrons. The van der Waals surface area contributed by atoms with Crippen LogP contribution < -0.4 is 0 Å². The van der Waals surface area contributed by atoms with Gasteiger partial charge in [0.25, 0.3) is 11.8 Å². The van der Waals surface area contributed by atoms with E-state index in [4.69, 9.17) is 4.42 Å². The first-order valence-corrected chi connectivity index (χ1v) is 9.46. The van der Waals surface area contributed by atoms with E-state index in [-0.39, 0.29) is 11.8 Å². The Labute approximate surface area is 162 Å². The number of carbonyl (C=O) groups is 2. The second-order valence-corrected chi connectivity index (χ2v) is 6.97. The van der Waals surface area contributed by atoms with Crippen LogP contribution >= 0.6 is 0 Å². The van der Waals surface area contributed by atoms with Crippen LogP contribution in [0, 0.1) is 13.8 Å². The van der Waals surface area contributed by atoms with Gasteiger partial charge in [0.15, 0.2) is 11.4 Å². The molecule has 4 heterocycles. The molecule has 2 amide bonds. The first-order chi connectivity index (χ1) is 13.5. The monoisotopic (exact) mass is 381 g/mol. The van der Waals surface area contributed by atoms with Crippen LogP contribution in [0.15, 0.2) is 28.9 Å². The van der Waals surface area contributed by atoms with Crippen LogP contribution in [0.4, 0.5) is 0 Å². The first kappa shape index (κ1) is 18.2. The molecule has 3 aromatic rings. The van der Waals surface area contributed by atoms with E-state index in [1.54, 1.807) is 21.9 Å². The Balaban J connectivity index is 1.56. The summed E-state index contributed by atoms with van der Waals surface area (Å²) in [5, 5.41) is 5.33. The highest BCUT2D eigenvalue weighted by Gasteiger charge is 2.28. The molecule has 1 saturated heterocycles. The molecule has 0 atom stereocenters. The molecule has 3 aromatic heterocycles. The van der Waals surface area contributed by atoms with E-state index in [1.165, 1.54) is 6.26 Å². The van der Waals surface area contributed by atoms with Crippen molar-refractivity contribution in [1.29, 1.82) is 0 Å². The molecule has 146 valence electrons. The van der Waals surface area contributed by atoms with Crippen LogP contribution in [0.2, 0.25) is 0 Å². The Morgan fingerprint density at radius 2 is 1.79 bits per heavy atom. The van der Waals surface area contributed by atoms with Crippen molar-refractivity contribution in [2.45, 2.75) is 27.3 Å². The third kappa shape index (κ3) is 3.04. The average Bonchev–Trinajstić information content (AvgIpc) is 3.35. The van der Waals surface area contributed by atoms with Crippen molar-refractivity contribution in [2.24, 2.45) is 0 Å². The summed E-state index contributed by atoms with van der Waals surface area (Å²) in [6.45, 7) is 8.41. The van der Waals surface area contributed by atoms with Gasteiger partial charge in [-0.05, 0) is 39.0 Å². The molecule has 4 rings (SSSR count). The third-order valence-corrected chi connectivity index (χ3v) is 5.12. The standard InChI is InChI=1S/C20H23N5O3/c1-4-25-18-17(14(3)22-25)15(12-13(2)21-18)19(26)23-7-9-24(10-8-23)20(27)16-6-5-11-28-16/h5-6,11-12H,4,7-10H2,1-3H3. The van der Waals surface area contributed by atoms with Crippen molar-refractivity contribution in [3.05, 3.63) is 47.2 Å². The molecule has 0 N–H and O–H groups in total. The molecule has 28 heavy (non-hydrogen) atoms. The second-order valence-electron chi connectivity index (χ2n) is 6.97. The van der Waals surface area contributed by atoms with Gasteiger partial charge in [-0.15, -0.1) is 0 Å². The number of pyridine rings is 1. The SMILES string of the molecule is CCn1nc(C)c2c(C(=O)N3CCN(C(=O)c4ccco4)CC3)cc(C)nc21. The molecule has 8 nitrogen and oxygen atoms in total. The van der Waals surface area contributed by atoms with Gasteiger partial charge in [0.05, 0.1) is 22.9 Å². The number of piperazine rings is 1. The van der Waals surface area contributed by atoms with Crippen LogP contribution in [0.3, 0.4) is 0 Å². The molecular formula is C20H23N5O3. The van der Waals surface area contributed by atoms with Crippen molar-refractivity contribution in [2.75, 3.05) is 26.2 Å². The summed E-state index contributed by atoms with van der Waals surface area (Å²) in [6.07, 6.45) is 1.49. The van der Waals surface area contributed by atoms with Crippen LogP contribution in [0.25, 0.3) is 11.0 Å². The quantitative estimate of drug-likeness (QED) is 0.695. The largest absolute Gasteiger partial charge is 0.459 e. The molecular weight excluding hydrogens is 358 g/mol. The van der Waals surface area contributed by atoms with Gasteiger partial charge in [-0.2, -0.15) is 5.10 Å². The molecule has 0 aliphatic carbocycles. The molecule has 0 unspecified atom stereocenters. The smallest absolute Gasteiger partial charge is 0.289 e. The van der Waals surface area contributed by atoms with Crippen molar-refractivity contribution in [3.8, 4) is 0 Å². The minimum absolute atomic E-state index is 0.0423. The summed E-state index contributed by atoms with van der Waals surface area (Å²) >= 11 is 0. The zero-order valence-corrected chi connectivity index (χ0v) is 16.3. The van der Waals surface area contributed by atoms with E-state index in [2.05, 4.69) is 10.1 Å². The molecule has 0 aromatic carbocycles. The maximum atomic E-state index is 13.3. The predicted octanol–water partition coefficient (Wildman–Crippen LogP) is 2.26. The van der Waals surface area contributed by atoms with Gasteiger partial charge in [-0.25, -0.2) is 9.67 Å². The highest BCUT2D eigenvalue weighted by molar-refractivity contribution is 6.06. The normalized spacial score (nSPS) is 14.7. The first-order valence-electron chi connectivity index (χ1n) is 9.46. The number of aryl methyl sites for hydroxylation is 3. The van der Waals surface area contributed by atoms with Gasteiger partial charge < -0.3 is 14.2 Å². The minimum atomic E-state index is -0.140. The van der Waals surface area contributed by atoms with E-state index in [0.717, 1.165) is 22.4 Å². The third-order valence-electron chi connectivity index (χ3n) is 5.12. The van der Waals surface area contributed by atoms with Gasteiger partial charge in [-0.1, -0.05) is 0 Å². The number of hydrogen-bond donors (Lipinski definition) is 0. The minimum Gasteiger partial charge on any atom is -0.459 e. The Hall–Kier alpha value is -3.16. The van der Waals surface area contributed by atoms with Crippen LogP contribution in [0.1, 0.15) is 39.2 Å². The fourth-order valence-corrected chi connectivity index (χ4v) is 3.71. The Morgan fingerprint density at radius 1 is 1.11 bits per heavy atom. The number of aromatic nitrogens is 3. The Bertz CT molecular complexity index is 1030. The molecule has 1 fully saturated rings. The highest BCUT2D eigenvalue weighted by Crippen LogP contribution is 2.24. The van der Waals surface area contributed by atoms with Crippen molar-refractivity contribution < 1.29 is 14.0 Å². The van der Waals surface area contributed by atoms with Crippen molar-refractivity contribution in [3.63, 3.8) is 0 Å². The summed E-state index contributed by atoms with van der Waals surface area (Å²) < 4.78 is 7.02. The number of amides is 2. The van der Waals surface area contributed by atoms with Crippen molar-refractivity contribution >= 4 is 22.8 Å². The van der Waals surface area contributed by atoms with Crippen molar-refractivity contribution in [1.82, 2.24) is 24.6 Å². The number of fused-ring (bicyclic) bond motifs is 1. The second kappa shape index (κ2) is 7.10. The summed E-state index contributed by atoms with van der Waals surface area (Å²) in [6, 6.07) is 5.19. The topological polar surface area (TPSA) is 84.5 Å². The van der Waals surface area contributed by atoms with E-state index >= 15 is 0 Å². The summed E-state index contributed by atoms with van der Waals surface area (Å²) in [7, 11) is 0. The van der Waals surface area contributed by atoms with E-state index in [0.29, 0.717) is 44.0 Å². The van der Waals surface area contributed by atoms with Gasteiger partial charge >= 0.3 is 0 Å². The van der Waals surface area contributed by atoms with Gasteiger partial charge in [0, 0.05) is 38.4 Å². The van der Waals surface area contributed by atoms with Crippen LogP contribution in [-0.2, 0) is 6.54 Å². The molecule has 0 spiro atoms. The van der Waals surface area contributed by atoms with E-state index in [9.17, 15) is 9.59 Å². The number of carbonyl (C=O) groups excluding carboxylic acids is 2. The molecule has 8 heteroatoms. The summed E-state index contributed by atoms with van der Waals surface area (Å²) in [5.41, 5.74) is 2.97. The van der Waals surface area contributed by atoms with E-state index < -0.39 is 0 Å². The number of hydrogen-bond acceptors (Lipinski definition) is 5. The zero-order chi connectivity index (χ0) is 19.8. The van der Waals surface area contributed by atoms with Gasteiger partial charge in [0.1, 0.15) is 0 Å².